The molecule has 5 nitrogen and oxygen atoms in total. The van der Waals surface area contributed by atoms with Crippen molar-refractivity contribution in [3.05, 3.63) is 82.2 Å². The first kappa shape index (κ1) is 14.9. The molecular formula is C18H17N5S. The van der Waals surface area contributed by atoms with E-state index in [-0.39, 0.29) is 0 Å². The van der Waals surface area contributed by atoms with Crippen LogP contribution < -0.4 is 10.2 Å². The molecule has 4 rings (SSSR count). The van der Waals surface area contributed by atoms with Gasteiger partial charge in [-0.25, -0.2) is 10.4 Å². The Balaban J connectivity index is 1.76. The number of hydrazone groups is 1. The zero-order valence-electron chi connectivity index (χ0n) is 13.5. The zero-order valence-corrected chi connectivity index (χ0v) is 14.3. The Morgan fingerprint density at radius 1 is 0.958 bits per heavy atom. The van der Waals surface area contributed by atoms with Crippen LogP contribution in [0.4, 0.5) is 10.8 Å². The lowest BCUT2D eigenvalue weighted by molar-refractivity contribution is -0.792. The summed E-state index contributed by atoms with van der Waals surface area (Å²) in [6, 6.07) is 20.1. The number of hydrogen-bond donors (Lipinski definition) is 1. The van der Waals surface area contributed by atoms with Gasteiger partial charge >= 0.3 is 0 Å². The fourth-order valence-electron chi connectivity index (χ4n) is 2.48. The van der Waals surface area contributed by atoms with E-state index in [1.54, 1.807) is 11.3 Å². The van der Waals surface area contributed by atoms with Crippen LogP contribution in [0.3, 0.4) is 0 Å². The molecule has 120 valence electrons. The summed E-state index contributed by atoms with van der Waals surface area (Å²) < 4.78 is 0. The highest BCUT2D eigenvalue weighted by atomic mass is 32.1. The van der Waals surface area contributed by atoms with Crippen molar-refractivity contribution >= 4 is 28.0 Å². The minimum absolute atomic E-state index is 0.708. The Bertz CT molecular complexity index is 853. The normalized spacial score (nSPS) is 16.8. The van der Waals surface area contributed by atoms with Gasteiger partial charge in [0.05, 0.1) is 5.69 Å². The predicted molar refractivity (Wildman–Crippen MR) is 97.5 cm³/mol. The van der Waals surface area contributed by atoms with Crippen LogP contribution in [-0.2, 0) is 0 Å². The largest absolute Gasteiger partial charge is 0.317 e. The SMILES string of the molecule is Cc1nc(N2N=C(c3ccccc3)[N-][NH+]2c2ccccc2)sc1C. The Kier molecular flexibility index (Phi) is 3.76. The summed E-state index contributed by atoms with van der Waals surface area (Å²) in [6.45, 7) is 4.10. The van der Waals surface area contributed by atoms with Crippen LogP contribution >= 0.6 is 11.3 Å². The molecule has 2 aromatic carbocycles. The highest BCUT2D eigenvalue weighted by Crippen LogP contribution is 2.26. The average molecular weight is 335 g/mol. The number of nitrogens with zero attached hydrogens (tertiary/aromatic N) is 4. The quantitative estimate of drug-likeness (QED) is 0.798. The molecule has 0 amide bonds. The summed E-state index contributed by atoms with van der Waals surface area (Å²) in [5.74, 6) is 0.708. The standard InChI is InChI=1S/C18H17N5S/c1-13-14(2)24-18(19-13)23-21-17(15-9-5-3-6-10-15)20-22(23)16-11-7-4-8-12-16/h3-12,22H,1-2H3. The molecule has 0 saturated heterocycles. The lowest BCUT2D eigenvalue weighted by Gasteiger charge is -2.25. The molecule has 24 heavy (non-hydrogen) atoms. The summed E-state index contributed by atoms with van der Waals surface area (Å²) in [6.07, 6.45) is 0. The molecule has 0 fully saturated rings. The number of rotatable bonds is 3. The molecule has 1 aliphatic heterocycles. The van der Waals surface area contributed by atoms with E-state index in [0.29, 0.717) is 5.84 Å². The van der Waals surface area contributed by atoms with Crippen molar-refractivity contribution in [2.45, 2.75) is 13.8 Å². The second-order valence-electron chi connectivity index (χ2n) is 5.54. The molecule has 0 aliphatic carbocycles. The van der Waals surface area contributed by atoms with E-state index in [2.05, 4.69) is 11.9 Å². The number of amidine groups is 1. The topological polar surface area (TPSA) is 47.0 Å². The van der Waals surface area contributed by atoms with Gasteiger partial charge in [-0.1, -0.05) is 59.9 Å². The summed E-state index contributed by atoms with van der Waals surface area (Å²) >= 11 is 1.63. The number of anilines is 1. The highest BCUT2D eigenvalue weighted by molar-refractivity contribution is 7.15. The van der Waals surface area contributed by atoms with Gasteiger partial charge in [-0.05, 0) is 19.4 Å². The van der Waals surface area contributed by atoms with Crippen LogP contribution in [0.25, 0.3) is 5.43 Å². The maximum Gasteiger partial charge on any atom is 0.239 e. The summed E-state index contributed by atoms with van der Waals surface area (Å²) in [5, 5.41) is 8.24. The number of thiazole rings is 1. The number of hydrogen-bond acceptors (Lipinski definition) is 4. The van der Waals surface area contributed by atoms with Gasteiger partial charge in [0.15, 0.2) is 5.69 Å². The first-order valence-corrected chi connectivity index (χ1v) is 8.56. The van der Waals surface area contributed by atoms with Gasteiger partial charge in [-0.2, -0.15) is 10.2 Å². The van der Waals surface area contributed by atoms with Gasteiger partial charge < -0.3 is 5.10 Å². The predicted octanol–water partition coefficient (Wildman–Crippen LogP) is 3.36. The number of aromatic nitrogens is 1. The maximum atomic E-state index is 4.78. The van der Waals surface area contributed by atoms with Crippen LogP contribution in [0.2, 0.25) is 0 Å². The summed E-state index contributed by atoms with van der Waals surface area (Å²) in [4.78, 5) is 5.85. The molecule has 1 aliphatic rings. The lowest BCUT2D eigenvalue weighted by Crippen LogP contribution is -3.08. The van der Waals surface area contributed by atoms with E-state index >= 15 is 0 Å². The third-order valence-electron chi connectivity index (χ3n) is 3.87. The molecule has 0 bridgehead atoms. The average Bonchev–Trinajstić information content (AvgIpc) is 3.21. The summed E-state index contributed by atoms with van der Waals surface area (Å²) in [5.41, 5.74) is 7.84. The highest BCUT2D eigenvalue weighted by Gasteiger charge is 2.26. The molecule has 1 atom stereocenters. The fraction of sp³-hybridized carbons (Fsp3) is 0.111. The van der Waals surface area contributed by atoms with E-state index in [9.17, 15) is 0 Å². The smallest absolute Gasteiger partial charge is 0.239 e. The molecule has 0 radical (unpaired) electrons. The second kappa shape index (κ2) is 6.07. The van der Waals surface area contributed by atoms with Crippen molar-refractivity contribution in [2.75, 3.05) is 5.12 Å². The monoisotopic (exact) mass is 335 g/mol. The number of aryl methyl sites for hydroxylation is 2. The lowest BCUT2D eigenvalue weighted by atomic mass is 10.2. The van der Waals surface area contributed by atoms with Gasteiger partial charge in [0.1, 0.15) is 0 Å². The van der Waals surface area contributed by atoms with Gasteiger partial charge in [0.25, 0.3) is 0 Å². The second-order valence-corrected chi connectivity index (χ2v) is 6.72. The van der Waals surface area contributed by atoms with Crippen molar-refractivity contribution < 1.29 is 5.12 Å². The first-order chi connectivity index (χ1) is 11.7. The van der Waals surface area contributed by atoms with Gasteiger partial charge in [-0.3, -0.25) is 0 Å². The van der Waals surface area contributed by atoms with Crippen LogP contribution in [0.15, 0.2) is 65.8 Å². The van der Waals surface area contributed by atoms with Crippen LogP contribution in [0.1, 0.15) is 16.1 Å². The van der Waals surface area contributed by atoms with E-state index in [1.165, 1.54) is 4.88 Å². The molecule has 1 aromatic heterocycles. The molecule has 3 aromatic rings. The van der Waals surface area contributed by atoms with Crippen molar-refractivity contribution in [3.8, 4) is 0 Å². The molecule has 0 spiro atoms. The van der Waals surface area contributed by atoms with E-state index in [4.69, 9.17) is 10.5 Å². The Labute approximate surface area is 144 Å². The first-order valence-electron chi connectivity index (χ1n) is 7.74. The van der Waals surface area contributed by atoms with E-state index in [0.717, 1.165) is 27.2 Å². The molecule has 6 heteroatoms. The molecule has 2 heterocycles. The Morgan fingerprint density at radius 2 is 1.62 bits per heavy atom. The van der Waals surface area contributed by atoms with Gasteiger partial charge in [-0.15, -0.1) is 0 Å². The Hall–Kier alpha value is -2.70. The molecule has 1 N–H and O–H groups in total. The van der Waals surface area contributed by atoms with Crippen LogP contribution in [0.5, 0.6) is 0 Å². The fourth-order valence-corrected chi connectivity index (χ4v) is 3.34. The van der Waals surface area contributed by atoms with Crippen LogP contribution in [0, 0.1) is 13.8 Å². The van der Waals surface area contributed by atoms with Crippen molar-refractivity contribution in [3.63, 3.8) is 0 Å². The molecule has 0 saturated carbocycles. The van der Waals surface area contributed by atoms with Gasteiger partial charge in [0.2, 0.25) is 5.13 Å². The maximum absolute atomic E-state index is 4.78. The third kappa shape index (κ3) is 2.66. The minimum atomic E-state index is 0.708. The zero-order chi connectivity index (χ0) is 16.5. The third-order valence-corrected chi connectivity index (χ3v) is 4.92. The number of quaternary nitrogens is 1. The molecular weight excluding hydrogens is 318 g/mol. The number of benzene rings is 2. The summed E-state index contributed by atoms with van der Waals surface area (Å²) in [7, 11) is 0. The van der Waals surface area contributed by atoms with Crippen molar-refractivity contribution in [1.29, 1.82) is 0 Å². The van der Waals surface area contributed by atoms with E-state index < -0.39 is 0 Å². The van der Waals surface area contributed by atoms with Crippen molar-refractivity contribution in [2.24, 2.45) is 5.10 Å². The van der Waals surface area contributed by atoms with E-state index in [1.807, 2.05) is 72.7 Å². The van der Waals surface area contributed by atoms with Crippen LogP contribution in [-0.4, -0.2) is 10.8 Å². The Morgan fingerprint density at radius 3 is 2.25 bits per heavy atom. The molecule has 1 unspecified atom stereocenters. The van der Waals surface area contributed by atoms with Gasteiger partial charge in [0, 0.05) is 22.8 Å². The minimum Gasteiger partial charge on any atom is -0.317 e. The number of nitrogens with one attached hydrogen (secondary N) is 1. The van der Waals surface area contributed by atoms with Crippen molar-refractivity contribution in [1.82, 2.24) is 4.98 Å².